The van der Waals surface area contributed by atoms with E-state index in [2.05, 4.69) is 10.5 Å². The summed E-state index contributed by atoms with van der Waals surface area (Å²) in [6.07, 6.45) is 1.56. The van der Waals surface area contributed by atoms with Crippen LogP contribution in [0.3, 0.4) is 0 Å². The summed E-state index contributed by atoms with van der Waals surface area (Å²) < 4.78 is 11.3. The third kappa shape index (κ3) is 5.99. The number of hydrogen-bond acceptors (Lipinski definition) is 4. The number of hydrazone groups is 1. The number of nitrogens with one attached hydrogen (secondary N) is 1. The fourth-order valence-electron chi connectivity index (χ4n) is 2.66. The van der Waals surface area contributed by atoms with Crippen LogP contribution in [0.1, 0.15) is 16.7 Å². The Morgan fingerprint density at radius 2 is 1.61 bits per heavy atom. The molecule has 0 spiro atoms. The van der Waals surface area contributed by atoms with Crippen molar-refractivity contribution in [2.75, 3.05) is 6.61 Å². The molecule has 28 heavy (non-hydrogen) atoms. The van der Waals surface area contributed by atoms with Crippen LogP contribution in [0.15, 0.2) is 77.9 Å². The average molecular weight is 374 g/mol. The molecule has 0 atom stereocenters. The quantitative estimate of drug-likeness (QED) is 0.485. The van der Waals surface area contributed by atoms with Crippen molar-refractivity contribution in [3.05, 3.63) is 89.5 Å². The van der Waals surface area contributed by atoms with E-state index in [4.69, 9.17) is 9.47 Å². The molecule has 0 unspecified atom stereocenters. The Morgan fingerprint density at radius 1 is 0.893 bits per heavy atom. The van der Waals surface area contributed by atoms with Gasteiger partial charge in [-0.15, -0.1) is 0 Å². The Labute approximate surface area is 164 Å². The first-order valence-electron chi connectivity index (χ1n) is 8.94. The van der Waals surface area contributed by atoms with Crippen LogP contribution in [0.2, 0.25) is 0 Å². The number of benzene rings is 3. The predicted molar refractivity (Wildman–Crippen MR) is 110 cm³/mol. The second kappa shape index (κ2) is 9.37. The highest BCUT2D eigenvalue weighted by molar-refractivity contribution is 5.83. The Bertz CT molecular complexity index is 948. The predicted octanol–water partition coefficient (Wildman–Crippen LogP) is 4.62. The topological polar surface area (TPSA) is 59.9 Å². The van der Waals surface area contributed by atoms with Crippen molar-refractivity contribution in [1.82, 2.24) is 5.43 Å². The smallest absolute Gasteiger partial charge is 0.277 e. The summed E-state index contributed by atoms with van der Waals surface area (Å²) in [5, 5.41) is 3.98. The molecule has 0 aliphatic heterocycles. The van der Waals surface area contributed by atoms with E-state index >= 15 is 0 Å². The number of carbonyl (C=O) groups excluding carboxylic acids is 1. The van der Waals surface area contributed by atoms with Crippen molar-refractivity contribution < 1.29 is 14.3 Å². The summed E-state index contributed by atoms with van der Waals surface area (Å²) in [6, 6.07) is 22.8. The first kappa shape index (κ1) is 19.2. The lowest BCUT2D eigenvalue weighted by atomic mass is 10.1. The van der Waals surface area contributed by atoms with Gasteiger partial charge in [-0.2, -0.15) is 5.10 Å². The summed E-state index contributed by atoms with van der Waals surface area (Å²) in [6.45, 7) is 3.87. The van der Waals surface area contributed by atoms with Crippen LogP contribution in [0.4, 0.5) is 0 Å². The van der Waals surface area contributed by atoms with E-state index in [-0.39, 0.29) is 12.5 Å². The maximum Gasteiger partial charge on any atom is 0.277 e. The highest BCUT2D eigenvalue weighted by Gasteiger charge is 2.03. The molecule has 0 bridgehead atoms. The molecule has 0 fully saturated rings. The van der Waals surface area contributed by atoms with Gasteiger partial charge in [0.2, 0.25) is 0 Å². The second-order valence-electron chi connectivity index (χ2n) is 6.39. The molecule has 0 aliphatic rings. The normalized spacial score (nSPS) is 10.6. The zero-order valence-electron chi connectivity index (χ0n) is 15.9. The van der Waals surface area contributed by atoms with Crippen LogP contribution in [0.25, 0.3) is 0 Å². The summed E-state index contributed by atoms with van der Waals surface area (Å²) >= 11 is 0. The Balaban J connectivity index is 1.51. The molecule has 0 aromatic heterocycles. The van der Waals surface area contributed by atoms with Gasteiger partial charge in [0.05, 0.1) is 6.21 Å². The molecular formula is C23H22N2O3. The third-order valence-corrected chi connectivity index (χ3v) is 3.81. The van der Waals surface area contributed by atoms with Gasteiger partial charge in [0.1, 0.15) is 17.2 Å². The van der Waals surface area contributed by atoms with Crippen LogP contribution in [0, 0.1) is 13.8 Å². The lowest BCUT2D eigenvalue weighted by Gasteiger charge is -2.07. The van der Waals surface area contributed by atoms with Crippen LogP contribution in [-0.4, -0.2) is 18.7 Å². The molecule has 5 heteroatoms. The molecular weight excluding hydrogens is 352 g/mol. The SMILES string of the molecule is Cc1cc(C)cc(OCC(=O)NN=Cc2cccc(Oc3ccccc3)c2)c1. The minimum absolute atomic E-state index is 0.0998. The maximum atomic E-state index is 11.9. The van der Waals surface area contributed by atoms with E-state index in [1.165, 1.54) is 0 Å². The first-order valence-corrected chi connectivity index (χ1v) is 8.94. The highest BCUT2D eigenvalue weighted by Crippen LogP contribution is 2.21. The molecule has 3 aromatic carbocycles. The average Bonchev–Trinajstić information content (AvgIpc) is 2.67. The van der Waals surface area contributed by atoms with Gasteiger partial charge in [-0.05, 0) is 66.9 Å². The number of rotatable bonds is 7. The number of amides is 1. The van der Waals surface area contributed by atoms with Crippen molar-refractivity contribution in [1.29, 1.82) is 0 Å². The zero-order valence-corrected chi connectivity index (χ0v) is 15.9. The lowest BCUT2D eigenvalue weighted by molar-refractivity contribution is -0.123. The van der Waals surface area contributed by atoms with Gasteiger partial charge in [0.25, 0.3) is 5.91 Å². The van der Waals surface area contributed by atoms with Gasteiger partial charge in [-0.25, -0.2) is 5.43 Å². The molecule has 0 aliphatic carbocycles. The Hall–Kier alpha value is -3.60. The van der Waals surface area contributed by atoms with E-state index in [1.54, 1.807) is 6.21 Å². The zero-order chi connectivity index (χ0) is 19.8. The number of hydrogen-bond donors (Lipinski definition) is 1. The van der Waals surface area contributed by atoms with Crippen LogP contribution < -0.4 is 14.9 Å². The molecule has 5 nitrogen and oxygen atoms in total. The highest BCUT2D eigenvalue weighted by atomic mass is 16.5. The van der Waals surface area contributed by atoms with E-state index in [1.807, 2.05) is 86.6 Å². The molecule has 0 radical (unpaired) electrons. The minimum atomic E-state index is -0.327. The van der Waals surface area contributed by atoms with Crippen molar-refractivity contribution in [2.45, 2.75) is 13.8 Å². The summed E-state index contributed by atoms with van der Waals surface area (Å²) in [7, 11) is 0. The Kier molecular flexibility index (Phi) is 6.41. The number of para-hydroxylation sites is 1. The second-order valence-corrected chi connectivity index (χ2v) is 6.39. The summed E-state index contributed by atoms with van der Waals surface area (Å²) in [5.74, 6) is 1.79. The van der Waals surface area contributed by atoms with Crippen LogP contribution in [0.5, 0.6) is 17.2 Å². The minimum Gasteiger partial charge on any atom is -0.484 e. The molecule has 1 amide bonds. The molecule has 3 aromatic rings. The largest absolute Gasteiger partial charge is 0.484 e. The van der Waals surface area contributed by atoms with E-state index in [9.17, 15) is 4.79 Å². The van der Waals surface area contributed by atoms with Crippen molar-refractivity contribution in [3.63, 3.8) is 0 Å². The van der Waals surface area contributed by atoms with Gasteiger partial charge in [-0.1, -0.05) is 36.4 Å². The number of nitrogens with zero attached hydrogens (tertiary/aromatic N) is 1. The number of aryl methyl sites for hydroxylation is 2. The summed E-state index contributed by atoms with van der Waals surface area (Å²) in [4.78, 5) is 11.9. The number of ether oxygens (including phenoxy) is 2. The van der Waals surface area contributed by atoms with Crippen molar-refractivity contribution in [3.8, 4) is 17.2 Å². The molecule has 0 saturated heterocycles. The van der Waals surface area contributed by atoms with Crippen molar-refractivity contribution >= 4 is 12.1 Å². The maximum absolute atomic E-state index is 11.9. The van der Waals surface area contributed by atoms with E-state index < -0.39 is 0 Å². The lowest BCUT2D eigenvalue weighted by Crippen LogP contribution is -2.24. The van der Waals surface area contributed by atoms with Crippen molar-refractivity contribution in [2.24, 2.45) is 5.10 Å². The standard InChI is InChI=1S/C23H22N2O3/c1-17-11-18(2)13-22(12-17)27-16-23(26)25-24-15-19-7-6-10-21(14-19)28-20-8-4-3-5-9-20/h3-15H,16H2,1-2H3,(H,25,26). The van der Waals surface area contributed by atoms with Gasteiger partial charge in [0.15, 0.2) is 6.61 Å². The van der Waals surface area contributed by atoms with Gasteiger partial charge >= 0.3 is 0 Å². The molecule has 3 rings (SSSR count). The molecule has 1 N–H and O–H groups in total. The van der Waals surface area contributed by atoms with Gasteiger partial charge in [-0.3, -0.25) is 4.79 Å². The Morgan fingerprint density at radius 3 is 2.36 bits per heavy atom. The molecule has 0 heterocycles. The molecule has 142 valence electrons. The van der Waals surface area contributed by atoms with Crippen LogP contribution in [-0.2, 0) is 4.79 Å². The van der Waals surface area contributed by atoms with E-state index in [0.717, 1.165) is 22.4 Å². The molecule has 0 saturated carbocycles. The summed E-state index contributed by atoms with van der Waals surface area (Å²) in [5.41, 5.74) is 5.45. The third-order valence-electron chi connectivity index (χ3n) is 3.81. The monoisotopic (exact) mass is 374 g/mol. The number of carbonyl (C=O) groups is 1. The van der Waals surface area contributed by atoms with E-state index in [0.29, 0.717) is 11.5 Å². The fourth-order valence-corrected chi connectivity index (χ4v) is 2.66. The van der Waals surface area contributed by atoms with Crippen LogP contribution >= 0.6 is 0 Å². The fraction of sp³-hybridized carbons (Fsp3) is 0.130. The van der Waals surface area contributed by atoms with Gasteiger partial charge < -0.3 is 9.47 Å². The van der Waals surface area contributed by atoms with Gasteiger partial charge in [0, 0.05) is 0 Å². The first-order chi connectivity index (χ1) is 13.6.